The number of rotatable bonds is 4. The van der Waals surface area contributed by atoms with Gasteiger partial charge in [-0.05, 0) is 6.92 Å². The minimum absolute atomic E-state index is 0.351. The average molecular weight is 225 g/mol. The first-order valence-electron chi connectivity index (χ1n) is 4.35. The molecule has 2 rings (SSSR count). The second-order valence-corrected chi connectivity index (χ2v) is 4.62. The summed E-state index contributed by atoms with van der Waals surface area (Å²) in [5.74, 6) is 0. The van der Waals surface area contributed by atoms with E-state index in [0.29, 0.717) is 6.04 Å². The normalized spacial score (nSPS) is 12.9. The number of nitrogens with one attached hydrogen (secondary N) is 1. The van der Waals surface area contributed by atoms with Gasteiger partial charge in [-0.1, -0.05) is 0 Å². The zero-order chi connectivity index (χ0) is 9.80. The third-order valence-corrected chi connectivity index (χ3v) is 3.54. The molecular formula is C9H11N3S2. The lowest BCUT2D eigenvalue weighted by molar-refractivity contribution is 0.576. The number of aromatic nitrogens is 2. The zero-order valence-electron chi connectivity index (χ0n) is 7.80. The molecule has 0 bridgehead atoms. The van der Waals surface area contributed by atoms with Crippen LogP contribution in [0.3, 0.4) is 0 Å². The molecule has 2 aromatic heterocycles. The van der Waals surface area contributed by atoms with E-state index in [1.165, 1.54) is 4.88 Å². The maximum absolute atomic E-state index is 4.21. The van der Waals surface area contributed by atoms with Crippen LogP contribution in [0.25, 0.3) is 0 Å². The van der Waals surface area contributed by atoms with Crippen molar-refractivity contribution in [3.05, 3.63) is 33.2 Å². The highest BCUT2D eigenvalue weighted by molar-refractivity contribution is 7.09. The maximum Gasteiger partial charge on any atom is 0.0795 e. The summed E-state index contributed by atoms with van der Waals surface area (Å²) in [5.41, 5.74) is 4.82. The molecule has 1 N–H and O–H groups in total. The summed E-state index contributed by atoms with van der Waals surface area (Å²) >= 11 is 3.30. The fraction of sp³-hybridized carbons (Fsp3) is 0.333. The number of nitrogens with zero attached hydrogens (tertiary/aromatic N) is 2. The lowest BCUT2D eigenvalue weighted by Crippen LogP contribution is -2.17. The van der Waals surface area contributed by atoms with Gasteiger partial charge in [-0.15, -0.1) is 22.7 Å². The summed E-state index contributed by atoms with van der Waals surface area (Å²) in [6, 6.07) is 0.351. The van der Waals surface area contributed by atoms with Gasteiger partial charge in [0.1, 0.15) is 0 Å². The highest BCUT2D eigenvalue weighted by atomic mass is 32.1. The van der Waals surface area contributed by atoms with Crippen LogP contribution in [0.5, 0.6) is 0 Å². The van der Waals surface area contributed by atoms with E-state index < -0.39 is 0 Å². The van der Waals surface area contributed by atoms with E-state index in [-0.39, 0.29) is 0 Å². The van der Waals surface area contributed by atoms with Crippen molar-refractivity contribution in [1.82, 2.24) is 15.3 Å². The van der Waals surface area contributed by atoms with Crippen LogP contribution in [-0.4, -0.2) is 9.97 Å². The lowest BCUT2D eigenvalue weighted by Gasteiger charge is -2.09. The Labute approximate surface area is 90.9 Å². The zero-order valence-corrected chi connectivity index (χ0v) is 9.44. The lowest BCUT2D eigenvalue weighted by atomic mass is 10.3. The van der Waals surface area contributed by atoms with Crippen LogP contribution >= 0.6 is 22.7 Å². The highest BCUT2D eigenvalue weighted by Crippen LogP contribution is 2.16. The van der Waals surface area contributed by atoms with Crippen molar-refractivity contribution in [3.63, 3.8) is 0 Å². The fourth-order valence-corrected chi connectivity index (χ4v) is 2.33. The first kappa shape index (κ1) is 9.76. The molecule has 1 atom stereocenters. The van der Waals surface area contributed by atoms with E-state index in [2.05, 4.69) is 27.6 Å². The monoisotopic (exact) mass is 225 g/mol. The van der Waals surface area contributed by atoms with E-state index in [9.17, 15) is 0 Å². The molecule has 2 aromatic rings. The Morgan fingerprint density at radius 2 is 2.43 bits per heavy atom. The van der Waals surface area contributed by atoms with Crippen molar-refractivity contribution in [1.29, 1.82) is 0 Å². The molecule has 3 nitrogen and oxygen atoms in total. The molecule has 0 aliphatic heterocycles. The molecule has 0 fully saturated rings. The van der Waals surface area contributed by atoms with Gasteiger partial charge in [-0.2, -0.15) is 0 Å². The van der Waals surface area contributed by atoms with Crippen LogP contribution < -0.4 is 5.32 Å². The minimum Gasteiger partial charge on any atom is -0.304 e. The highest BCUT2D eigenvalue weighted by Gasteiger charge is 2.06. The van der Waals surface area contributed by atoms with Gasteiger partial charge in [0.2, 0.25) is 0 Å². The molecule has 0 saturated heterocycles. The van der Waals surface area contributed by atoms with Gasteiger partial charge in [0.05, 0.1) is 16.7 Å². The predicted molar refractivity (Wildman–Crippen MR) is 59.5 cm³/mol. The van der Waals surface area contributed by atoms with Gasteiger partial charge in [0.15, 0.2) is 0 Å². The van der Waals surface area contributed by atoms with Crippen LogP contribution in [-0.2, 0) is 6.54 Å². The topological polar surface area (TPSA) is 37.8 Å². The second-order valence-electron chi connectivity index (χ2n) is 2.99. The molecule has 0 aromatic carbocycles. The van der Waals surface area contributed by atoms with Crippen LogP contribution in [0, 0.1) is 0 Å². The van der Waals surface area contributed by atoms with Crippen molar-refractivity contribution in [2.45, 2.75) is 19.5 Å². The standard InChI is InChI=1S/C9H11N3S2/c1-7(9-3-10-5-14-9)11-2-8-4-13-6-12-8/h3-7,11H,2H2,1H3. The van der Waals surface area contributed by atoms with Gasteiger partial charge < -0.3 is 5.32 Å². The second kappa shape index (κ2) is 4.63. The number of hydrogen-bond donors (Lipinski definition) is 1. The summed E-state index contributed by atoms with van der Waals surface area (Å²) in [5, 5.41) is 5.46. The third-order valence-electron chi connectivity index (χ3n) is 1.95. The van der Waals surface area contributed by atoms with Gasteiger partial charge in [0.25, 0.3) is 0 Å². The van der Waals surface area contributed by atoms with Gasteiger partial charge in [-0.3, -0.25) is 4.98 Å². The van der Waals surface area contributed by atoms with E-state index in [1.54, 1.807) is 22.7 Å². The van der Waals surface area contributed by atoms with Gasteiger partial charge >= 0.3 is 0 Å². The summed E-state index contributed by atoms with van der Waals surface area (Å²) in [6.45, 7) is 2.96. The molecule has 0 aliphatic rings. The van der Waals surface area contributed by atoms with Crippen molar-refractivity contribution >= 4 is 22.7 Å². The molecule has 5 heteroatoms. The van der Waals surface area contributed by atoms with Crippen molar-refractivity contribution < 1.29 is 0 Å². The molecule has 0 amide bonds. The molecule has 74 valence electrons. The molecular weight excluding hydrogens is 214 g/mol. The Kier molecular flexibility index (Phi) is 3.23. The SMILES string of the molecule is CC(NCc1cscn1)c1cncs1. The third kappa shape index (κ3) is 2.37. The van der Waals surface area contributed by atoms with Crippen LogP contribution in [0.4, 0.5) is 0 Å². The quantitative estimate of drug-likeness (QED) is 0.868. The Bertz CT molecular complexity index is 355. The minimum atomic E-state index is 0.351. The Balaban J connectivity index is 1.87. The Hall–Kier alpha value is -0.780. The van der Waals surface area contributed by atoms with Crippen molar-refractivity contribution in [2.24, 2.45) is 0 Å². The first-order chi connectivity index (χ1) is 6.86. The van der Waals surface area contributed by atoms with Gasteiger partial charge in [-0.25, -0.2) is 4.98 Å². The summed E-state index contributed by atoms with van der Waals surface area (Å²) in [4.78, 5) is 9.53. The molecule has 2 heterocycles. The van der Waals surface area contributed by atoms with E-state index in [1.807, 2.05) is 17.2 Å². The van der Waals surface area contributed by atoms with Gasteiger partial charge in [0, 0.05) is 29.0 Å². The van der Waals surface area contributed by atoms with Crippen LogP contribution in [0.1, 0.15) is 23.5 Å². The number of thiazole rings is 2. The van der Waals surface area contributed by atoms with Crippen LogP contribution in [0.15, 0.2) is 22.6 Å². The Morgan fingerprint density at radius 3 is 3.07 bits per heavy atom. The molecule has 0 spiro atoms. The van der Waals surface area contributed by atoms with Crippen molar-refractivity contribution in [3.8, 4) is 0 Å². The van der Waals surface area contributed by atoms with E-state index >= 15 is 0 Å². The molecule has 14 heavy (non-hydrogen) atoms. The van der Waals surface area contributed by atoms with E-state index in [0.717, 1.165) is 12.2 Å². The smallest absolute Gasteiger partial charge is 0.0795 e. The molecule has 1 unspecified atom stereocenters. The summed E-state index contributed by atoms with van der Waals surface area (Å²) in [6.07, 6.45) is 1.91. The Morgan fingerprint density at radius 1 is 1.50 bits per heavy atom. The fourth-order valence-electron chi connectivity index (χ4n) is 1.12. The first-order valence-corrected chi connectivity index (χ1v) is 6.17. The van der Waals surface area contributed by atoms with E-state index in [4.69, 9.17) is 0 Å². The molecule has 0 saturated carbocycles. The average Bonchev–Trinajstić information content (AvgIpc) is 2.87. The van der Waals surface area contributed by atoms with Crippen molar-refractivity contribution in [2.75, 3.05) is 0 Å². The summed E-state index contributed by atoms with van der Waals surface area (Å²) in [7, 11) is 0. The summed E-state index contributed by atoms with van der Waals surface area (Å²) < 4.78 is 0. The largest absolute Gasteiger partial charge is 0.304 e. The maximum atomic E-state index is 4.21. The number of hydrogen-bond acceptors (Lipinski definition) is 5. The van der Waals surface area contributed by atoms with Crippen LogP contribution in [0.2, 0.25) is 0 Å². The molecule has 0 radical (unpaired) electrons. The predicted octanol–water partition coefficient (Wildman–Crippen LogP) is 2.45. The molecule has 0 aliphatic carbocycles.